The fourth-order valence-corrected chi connectivity index (χ4v) is 7.84. The Labute approximate surface area is 176 Å². The summed E-state index contributed by atoms with van der Waals surface area (Å²) < 4.78 is 0. The van der Waals surface area contributed by atoms with Crippen molar-refractivity contribution >= 4 is 18.5 Å². The molecule has 2 aromatic rings. The molecule has 0 radical (unpaired) electrons. The minimum atomic E-state index is -2.07. The first kappa shape index (κ1) is 21.8. The number of halogens is 3. The Kier molecular flexibility index (Phi) is 7.62. The molecule has 122 valence electrons. The van der Waals surface area contributed by atoms with Crippen LogP contribution in [0.15, 0.2) is 72.0 Å². The quantitative estimate of drug-likeness (QED) is 0.451. The maximum atomic E-state index is 7.23. The van der Waals surface area contributed by atoms with Crippen LogP contribution in [-0.4, -0.2) is 7.38 Å². The molecule has 4 rings (SSSR count). The van der Waals surface area contributed by atoms with Gasteiger partial charge >= 0.3 is 21.7 Å². The molecule has 0 saturated heterocycles. The molecule has 2 aliphatic carbocycles. The Bertz CT molecular complexity index is 738. The standard InChI is InChI=1S/C19H17ClSi.2ClH.Ti/c1-21(20,14-8-2-3-9-14)19-17-12-6-4-10-15(17)16-11-5-7-13-18(16)19;;;/h2-8,10-13,19H,9H2,1H3;2*1H;/q;;;+2/p-2. The summed E-state index contributed by atoms with van der Waals surface area (Å²) >= 11 is 7.23. The van der Waals surface area contributed by atoms with Gasteiger partial charge in [-0.15, -0.1) is 0 Å². The number of allylic oxidation sites excluding steroid dienone is 4. The van der Waals surface area contributed by atoms with Gasteiger partial charge in [-0.05, 0) is 28.7 Å². The monoisotopic (exact) mass is 426 g/mol. The molecule has 0 spiro atoms. The van der Waals surface area contributed by atoms with Gasteiger partial charge in [0.15, 0.2) is 7.38 Å². The van der Waals surface area contributed by atoms with E-state index in [2.05, 4.69) is 73.3 Å². The van der Waals surface area contributed by atoms with Crippen LogP contribution in [0, 0.1) is 0 Å². The second-order valence-electron chi connectivity index (χ2n) is 6.01. The van der Waals surface area contributed by atoms with Crippen molar-refractivity contribution in [1.82, 2.24) is 0 Å². The summed E-state index contributed by atoms with van der Waals surface area (Å²) in [7, 11) is -2.07. The molecule has 0 fully saturated rings. The van der Waals surface area contributed by atoms with Crippen LogP contribution >= 0.6 is 11.1 Å². The van der Waals surface area contributed by atoms with Crippen LogP contribution in [-0.2, 0) is 21.7 Å². The molecular weight excluding hydrogens is 411 g/mol. The molecule has 5 heteroatoms. The Morgan fingerprint density at radius 1 is 0.917 bits per heavy atom. The minimum absolute atomic E-state index is 0. The maximum absolute atomic E-state index is 7.23. The summed E-state index contributed by atoms with van der Waals surface area (Å²) in [5.74, 6) is 0. The minimum Gasteiger partial charge on any atom is -1.00 e. The average Bonchev–Trinajstić information content (AvgIpc) is 3.14. The van der Waals surface area contributed by atoms with Crippen molar-refractivity contribution in [3.05, 3.63) is 83.1 Å². The molecule has 0 nitrogen and oxygen atoms in total. The van der Waals surface area contributed by atoms with E-state index in [4.69, 9.17) is 11.1 Å². The smallest absolute Gasteiger partial charge is 1.00 e. The van der Waals surface area contributed by atoms with E-state index in [-0.39, 0.29) is 46.5 Å². The summed E-state index contributed by atoms with van der Waals surface area (Å²) in [6.07, 6.45) is 7.63. The molecule has 24 heavy (non-hydrogen) atoms. The maximum Gasteiger partial charge on any atom is 2.00 e. The van der Waals surface area contributed by atoms with Gasteiger partial charge in [0.05, 0.1) is 0 Å². The van der Waals surface area contributed by atoms with Gasteiger partial charge in [0.1, 0.15) is 0 Å². The number of rotatable bonds is 2. The van der Waals surface area contributed by atoms with Crippen molar-refractivity contribution in [2.75, 3.05) is 0 Å². The molecule has 0 aliphatic heterocycles. The molecule has 0 bridgehead atoms. The summed E-state index contributed by atoms with van der Waals surface area (Å²) in [4.78, 5) is 0. The van der Waals surface area contributed by atoms with Crippen LogP contribution in [0.4, 0.5) is 0 Å². The second kappa shape index (κ2) is 8.40. The SMILES string of the molecule is C[Si](Cl)(C1=CC=CC1)C1c2ccccc2-c2ccccc21.[Cl-].[Cl-].[Ti+2]. The molecule has 1 unspecified atom stereocenters. The van der Waals surface area contributed by atoms with E-state index in [0.717, 1.165) is 6.42 Å². The topological polar surface area (TPSA) is 0 Å². The van der Waals surface area contributed by atoms with E-state index >= 15 is 0 Å². The van der Waals surface area contributed by atoms with Crippen molar-refractivity contribution < 1.29 is 46.5 Å². The van der Waals surface area contributed by atoms with E-state index in [1.807, 2.05) is 0 Å². The van der Waals surface area contributed by atoms with Gasteiger partial charge in [-0.25, -0.2) is 0 Å². The number of fused-ring (bicyclic) bond motifs is 3. The molecule has 1 atom stereocenters. The molecule has 0 amide bonds. The van der Waals surface area contributed by atoms with E-state index in [1.54, 1.807) is 0 Å². The zero-order chi connectivity index (χ0) is 14.4. The summed E-state index contributed by atoms with van der Waals surface area (Å²) in [5.41, 5.74) is 5.91. The Balaban J connectivity index is 0.000000960. The third-order valence-electron chi connectivity index (χ3n) is 4.78. The molecule has 0 saturated carbocycles. The van der Waals surface area contributed by atoms with Crippen molar-refractivity contribution in [2.24, 2.45) is 0 Å². The van der Waals surface area contributed by atoms with Gasteiger partial charge in [0.2, 0.25) is 0 Å². The van der Waals surface area contributed by atoms with E-state index in [1.165, 1.54) is 27.5 Å². The molecule has 2 aromatic carbocycles. The van der Waals surface area contributed by atoms with Gasteiger partial charge in [-0.3, -0.25) is 0 Å². The van der Waals surface area contributed by atoms with E-state index < -0.39 is 7.38 Å². The average molecular weight is 428 g/mol. The first-order valence-corrected chi connectivity index (χ1v) is 11.0. The third kappa shape index (κ3) is 3.36. The summed E-state index contributed by atoms with van der Waals surface area (Å²) in [6.45, 7) is 2.30. The molecule has 2 aliphatic rings. The van der Waals surface area contributed by atoms with Crippen LogP contribution in [0.3, 0.4) is 0 Å². The van der Waals surface area contributed by atoms with Gasteiger partial charge in [-0.1, -0.05) is 78.5 Å². The van der Waals surface area contributed by atoms with E-state index in [0.29, 0.717) is 5.54 Å². The fourth-order valence-electron chi connectivity index (χ4n) is 3.73. The predicted octanol–water partition coefficient (Wildman–Crippen LogP) is -0.417. The van der Waals surface area contributed by atoms with E-state index in [9.17, 15) is 0 Å². The van der Waals surface area contributed by atoms with Crippen molar-refractivity contribution in [1.29, 1.82) is 0 Å². The zero-order valence-electron chi connectivity index (χ0n) is 13.3. The third-order valence-corrected chi connectivity index (χ3v) is 9.49. The largest absolute Gasteiger partial charge is 2.00 e. The number of hydrogen-bond acceptors (Lipinski definition) is 0. The van der Waals surface area contributed by atoms with Crippen LogP contribution in [0.5, 0.6) is 0 Å². The van der Waals surface area contributed by atoms with Crippen LogP contribution in [0.2, 0.25) is 6.55 Å². The Morgan fingerprint density at radius 2 is 1.42 bits per heavy atom. The Morgan fingerprint density at radius 3 is 1.88 bits per heavy atom. The number of hydrogen-bond donors (Lipinski definition) is 0. The molecular formula is C19H17Cl3SiTi. The second-order valence-corrected chi connectivity index (χ2v) is 11.7. The van der Waals surface area contributed by atoms with Gasteiger partial charge < -0.3 is 24.8 Å². The molecule has 0 heterocycles. The van der Waals surface area contributed by atoms with Crippen LogP contribution < -0.4 is 24.8 Å². The van der Waals surface area contributed by atoms with Crippen molar-refractivity contribution in [3.63, 3.8) is 0 Å². The fraction of sp³-hybridized carbons (Fsp3) is 0.158. The normalized spacial score (nSPS) is 16.7. The van der Waals surface area contributed by atoms with Crippen molar-refractivity contribution in [3.8, 4) is 11.1 Å². The van der Waals surface area contributed by atoms with Crippen LogP contribution in [0.25, 0.3) is 11.1 Å². The Hall–Kier alpha value is -0.279. The number of benzene rings is 2. The van der Waals surface area contributed by atoms with Gasteiger partial charge in [0, 0.05) is 5.54 Å². The predicted molar refractivity (Wildman–Crippen MR) is 93.0 cm³/mol. The summed E-state index contributed by atoms with van der Waals surface area (Å²) in [5, 5.41) is 1.45. The molecule has 0 aromatic heterocycles. The van der Waals surface area contributed by atoms with Crippen LogP contribution in [0.1, 0.15) is 23.1 Å². The van der Waals surface area contributed by atoms with Gasteiger partial charge in [-0.2, -0.15) is 11.1 Å². The van der Waals surface area contributed by atoms with Gasteiger partial charge in [0.25, 0.3) is 0 Å². The molecule has 0 N–H and O–H groups in total. The first-order valence-electron chi connectivity index (χ1n) is 7.43. The first-order chi connectivity index (χ1) is 10.2. The summed E-state index contributed by atoms with van der Waals surface area (Å²) in [6, 6.07) is 17.5. The van der Waals surface area contributed by atoms with Crippen molar-refractivity contribution in [2.45, 2.75) is 18.5 Å². The zero-order valence-corrected chi connectivity index (χ0v) is 18.1.